The number of hydrogen-bond acceptors (Lipinski definition) is 0. The third kappa shape index (κ3) is 3.91. The Balaban J connectivity index is 0. The Hall–Kier alpha value is -0.260. The van der Waals surface area contributed by atoms with Crippen molar-refractivity contribution in [3.63, 3.8) is 0 Å². The van der Waals surface area contributed by atoms with E-state index in [1.165, 1.54) is 25.7 Å². The van der Waals surface area contributed by atoms with Gasteiger partial charge in [0, 0.05) is 14.9 Å². The molecule has 42 valence electrons. The largest absolute Gasteiger partial charge is 0.0885 e. The maximum absolute atomic E-state index is 2.27. The quantitative estimate of drug-likeness (QED) is 0.415. The Kier molecular flexibility index (Phi) is 8.99. The number of rotatable bonds is 0. The van der Waals surface area contributed by atoms with Gasteiger partial charge in [-0.25, -0.2) is 0 Å². The van der Waals surface area contributed by atoms with Crippen molar-refractivity contribution in [1.29, 1.82) is 0 Å². The van der Waals surface area contributed by atoms with E-state index in [9.17, 15) is 0 Å². The van der Waals surface area contributed by atoms with E-state index in [1.54, 1.807) is 0 Å². The van der Waals surface area contributed by atoms with E-state index < -0.39 is 0 Å². The Morgan fingerprint density at radius 1 is 0.750 bits per heavy atom. The van der Waals surface area contributed by atoms with Gasteiger partial charge < -0.3 is 0 Å². The smallest absolute Gasteiger partial charge is 0 e. The normalized spacial score (nSPS) is 16.0. The molecule has 0 aromatic carbocycles. The zero-order valence-corrected chi connectivity index (χ0v) is 4.98. The van der Waals surface area contributed by atoms with Crippen molar-refractivity contribution in [3.8, 4) is 0 Å². The second kappa shape index (κ2) is 6.74. The molecule has 0 spiro atoms. The lowest BCUT2D eigenvalue weighted by atomic mass is 10.1. The van der Waals surface area contributed by atoms with Crippen LogP contribution >= 0.6 is 0 Å². The molecular weight excluding hydrogens is 96.1 g/mol. The van der Waals surface area contributed by atoms with E-state index in [-0.39, 0.29) is 14.9 Å². The first-order chi connectivity index (χ1) is 3.00. The van der Waals surface area contributed by atoms with Gasteiger partial charge in [-0.2, -0.15) is 0 Å². The van der Waals surface area contributed by atoms with Gasteiger partial charge in [-0.1, -0.05) is 12.2 Å². The Morgan fingerprint density at radius 3 is 1.25 bits per heavy atom. The van der Waals surface area contributed by atoms with Crippen LogP contribution in [0, 0.1) is 14.9 Å². The van der Waals surface area contributed by atoms with Crippen molar-refractivity contribution in [1.82, 2.24) is 0 Å². The van der Waals surface area contributed by atoms with Gasteiger partial charge in [0.05, 0.1) is 0 Å². The number of hydrogen-bond donors (Lipinski definition) is 0. The van der Waals surface area contributed by atoms with Crippen LogP contribution < -0.4 is 0 Å². The maximum atomic E-state index is 2.27. The molecule has 1 aliphatic rings. The minimum absolute atomic E-state index is 0. The highest BCUT2D eigenvalue weighted by atomic mass is 13.9. The van der Waals surface area contributed by atoms with Gasteiger partial charge in [-0.3, -0.25) is 0 Å². The summed E-state index contributed by atoms with van der Waals surface area (Å²) in [6.45, 7) is 0. The van der Waals surface area contributed by atoms with Crippen LogP contribution in [0.15, 0.2) is 12.2 Å². The third-order valence-electron chi connectivity index (χ3n) is 1.16. The summed E-state index contributed by atoms with van der Waals surface area (Å²) in [5.74, 6) is 0. The first-order valence-electron chi connectivity index (χ1n) is 2.65. The molecule has 0 nitrogen and oxygen atoms in total. The second-order valence-corrected chi connectivity index (χ2v) is 1.76. The highest BCUT2D eigenvalue weighted by Gasteiger charge is 1.87. The van der Waals surface area contributed by atoms with Crippen LogP contribution in [0.2, 0.25) is 0 Å². The van der Waals surface area contributed by atoms with Crippen molar-refractivity contribution in [2.45, 2.75) is 25.7 Å². The van der Waals surface area contributed by atoms with Crippen molar-refractivity contribution < 1.29 is 0 Å². The SMILES string of the molecule is C1=CCCCC1.[C].[C]. The molecule has 8 heavy (non-hydrogen) atoms. The Bertz CT molecular complexity index is 45.1. The molecule has 1 aliphatic carbocycles. The summed E-state index contributed by atoms with van der Waals surface area (Å²) in [6.07, 6.45) is 10.0. The minimum Gasteiger partial charge on any atom is -0.0885 e. The van der Waals surface area contributed by atoms with Crippen LogP contribution in [0.5, 0.6) is 0 Å². The van der Waals surface area contributed by atoms with E-state index in [2.05, 4.69) is 12.2 Å². The van der Waals surface area contributed by atoms with Crippen LogP contribution in [-0.4, -0.2) is 0 Å². The van der Waals surface area contributed by atoms with Crippen LogP contribution in [0.25, 0.3) is 0 Å². The van der Waals surface area contributed by atoms with Crippen LogP contribution in [0.4, 0.5) is 0 Å². The van der Waals surface area contributed by atoms with Gasteiger partial charge in [0.25, 0.3) is 0 Å². The summed E-state index contributed by atoms with van der Waals surface area (Å²) in [6, 6.07) is 0. The van der Waals surface area contributed by atoms with Crippen molar-refractivity contribution in [3.05, 3.63) is 27.0 Å². The molecular formula is C8H10. The predicted molar refractivity (Wildman–Crippen MR) is 34.1 cm³/mol. The van der Waals surface area contributed by atoms with E-state index in [4.69, 9.17) is 0 Å². The topological polar surface area (TPSA) is 0 Å². The van der Waals surface area contributed by atoms with Crippen molar-refractivity contribution in [2.24, 2.45) is 0 Å². The van der Waals surface area contributed by atoms with Crippen LogP contribution in [0.1, 0.15) is 25.7 Å². The monoisotopic (exact) mass is 106 g/mol. The van der Waals surface area contributed by atoms with Gasteiger partial charge in [0.15, 0.2) is 0 Å². The predicted octanol–water partition coefficient (Wildman–Crippen LogP) is 2.28. The Morgan fingerprint density at radius 2 is 1.12 bits per heavy atom. The summed E-state index contributed by atoms with van der Waals surface area (Å²) in [5.41, 5.74) is 0. The molecule has 0 atom stereocenters. The molecule has 0 saturated heterocycles. The molecule has 0 saturated carbocycles. The van der Waals surface area contributed by atoms with Crippen LogP contribution in [0.3, 0.4) is 0 Å². The lowest BCUT2D eigenvalue weighted by molar-refractivity contribution is 0.730. The molecule has 8 radical (unpaired) electrons. The molecule has 0 aliphatic heterocycles. The van der Waals surface area contributed by atoms with Crippen molar-refractivity contribution >= 4 is 0 Å². The Labute approximate surface area is 53.6 Å². The van der Waals surface area contributed by atoms with Crippen molar-refractivity contribution in [2.75, 3.05) is 0 Å². The lowest BCUT2D eigenvalue weighted by Gasteiger charge is -1.97. The molecule has 0 aromatic heterocycles. The van der Waals surface area contributed by atoms with Gasteiger partial charge in [-0.15, -0.1) is 0 Å². The fourth-order valence-corrected chi connectivity index (χ4v) is 0.760. The highest BCUT2D eigenvalue weighted by molar-refractivity contribution is 4.85. The fourth-order valence-electron chi connectivity index (χ4n) is 0.760. The van der Waals surface area contributed by atoms with E-state index in [0.717, 1.165) is 0 Å². The molecule has 0 heteroatoms. The molecule has 0 heterocycles. The average molecular weight is 106 g/mol. The minimum atomic E-state index is 0. The summed E-state index contributed by atoms with van der Waals surface area (Å²) >= 11 is 0. The van der Waals surface area contributed by atoms with Crippen LogP contribution in [-0.2, 0) is 0 Å². The summed E-state index contributed by atoms with van der Waals surface area (Å²) < 4.78 is 0. The van der Waals surface area contributed by atoms with E-state index in [1.807, 2.05) is 0 Å². The average Bonchev–Trinajstić information content (AvgIpc) is 1.72. The molecule has 0 fully saturated rings. The standard InChI is InChI=1S/C6H10.2C/c1-2-4-6-5-3-1;;/h1-2H,3-6H2;;. The second-order valence-electron chi connectivity index (χ2n) is 1.76. The summed E-state index contributed by atoms with van der Waals surface area (Å²) in [5, 5.41) is 0. The molecule has 0 N–H and O–H groups in total. The highest BCUT2D eigenvalue weighted by Crippen LogP contribution is 2.07. The van der Waals surface area contributed by atoms with Gasteiger partial charge in [-0.05, 0) is 25.7 Å². The third-order valence-corrected chi connectivity index (χ3v) is 1.16. The molecule has 0 amide bonds. The first kappa shape index (κ1) is 10.7. The van der Waals surface area contributed by atoms with Gasteiger partial charge >= 0.3 is 0 Å². The zero-order valence-electron chi connectivity index (χ0n) is 4.98. The lowest BCUT2D eigenvalue weighted by Crippen LogP contribution is -1.77. The molecule has 0 unspecified atom stereocenters. The van der Waals surface area contributed by atoms with Gasteiger partial charge in [0.1, 0.15) is 0 Å². The molecule has 1 rings (SSSR count). The summed E-state index contributed by atoms with van der Waals surface area (Å²) in [7, 11) is 0. The number of allylic oxidation sites excluding steroid dienone is 2. The zero-order chi connectivity index (χ0) is 4.24. The fraction of sp³-hybridized carbons (Fsp3) is 0.500. The van der Waals surface area contributed by atoms with Gasteiger partial charge in [0.2, 0.25) is 0 Å². The summed E-state index contributed by atoms with van der Waals surface area (Å²) in [4.78, 5) is 0. The molecule has 0 bridgehead atoms. The van der Waals surface area contributed by atoms with E-state index in [0.29, 0.717) is 0 Å². The first-order valence-corrected chi connectivity index (χ1v) is 2.65. The van der Waals surface area contributed by atoms with E-state index >= 15 is 0 Å². The molecule has 0 aromatic rings. The maximum Gasteiger partial charge on any atom is 0 e.